The van der Waals surface area contributed by atoms with E-state index >= 15 is 8.78 Å². The number of fused-ring (bicyclic) bond motifs is 1. The minimum Gasteiger partial charge on any atom is -0.359 e. The maximum Gasteiger partial charge on any atom is 0.275 e. The Morgan fingerprint density at radius 2 is 1.60 bits per heavy atom. The summed E-state index contributed by atoms with van der Waals surface area (Å²) >= 11 is 0. The van der Waals surface area contributed by atoms with Crippen LogP contribution in [0.3, 0.4) is 0 Å². The van der Waals surface area contributed by atoms with E-state index in [9.17, 15) is 9.59 Å². The van der Waals surface area contributed by atoms with Gasteiger partial charge >= 0.3 is 0 Å². The summed E-state index contributed by atoms with van der Waals surface area (Å²) in [6.45, 7) is 3.91. The predicted molar refractivity (Wildman–Crippen MR) is 176 cm³/mol. The summed E-state index contributed by atoms with van der Waals surface area (Å²) in [5.74, 6) is -1.32. The Balaban J connectivity index is 1.38. The number of carbonyl (C=O) groups is 1. The van der Waals surface area contributed by atoms with Gasteiger partial charge in [0.15, 0.2) is 0 Å². The first kappa shape index (κ1) is 30.4. The zero-order valence-corrected chi connectivity index (χ0v) is 25.3. The van der Waals surface area contributed by atoms with E-state index < -0.39 is 18.4 Å². The molecule has 230 valence electrons. The first-order valence-electron chi connectivity index (χ1n) is 15.3. The van der Waals surface area contributed by atoms with E-state index in [0.717, 1.165) is 26.2 Å². The standard InChI is InChI=1S/C37H36F2N4O2/c1-41-22-24-42(25-23-41)20-18-32-29-14-8-9-15-33(29)43(21-19-37(32,38)39)34-17-16-30(36(45)40-28-12-6-3-7-13-28)35(31(34)26-44)27-10-4-2-5-11-27/h2-18,34H,19-25H2,1H3,(H,40,45). The Morgan fingerprint density at radius 1 is 0.933 bits per heavy atom. The van der Waals surface area contributed by atoms with Gasteiger partial charge in [0.2, 0.25) is 0 Å². The largest absolute Gasteiger partial charge is 0.359 e. The fourth-order valence-electron chi connectivity index (χ4n) is 6.32. The van der Waals surface area contributed by atoms with Crippen LogP contribution in [0, 0.1) is 0 Å². The molecule has 1 aliphatic carbocycles. The number of alkyl halides is 2. The zero-order valence-electron chi connectivity index (χ0n) is 25.3. The van der Waals surface area contributed by atoms with Gasteiger partial charge in [0.1, 0.15) is 5.94 Å². The summed E-state index contributed by atoms with van der Waals surface area (Å²) in [4.78, 5) is 32.8. The highest BCUT2D eigenvalue weighted by atomic mass is 19.3. The SMILES string of the molecule is CN1CCN(CC=C2c3ccccc3N(C3C=CC(C(=O)Nc4ccccc4)=C(c4ccccc4)C3=C=O)CCC2(F)F)CC1. The number of allylic oxidation sites excluding steroid dienone is 1. The Morgan fingerprint density at radius 3 is 2.31 bits per heavy atom. The summed E-state index contributed by atoms with van der Waals surface area (Å²) in [6.07, 6.45) is 4.71. The molecule has 45 heavy (non-hydrogen) atoms. The Hall–Kier alpha value is -4.62. The normalized spacial score (nSPS) is 21.3. The fraction of sp³-hybridized carbons (Fsp3) is 0.270. The number of rotatable bonds is 6. The predicted octanol–water partition coefficient (Wildman–Crippen LogP) is 5.95. The molecule has 0 radical (unpaired) electrons. The minimum atomic E-state index is -3.07. The van der Waals surface area contributed by atoms with Gasteiger partial charge in [0.05, 0.1) is 11.6 Å². The summed E-state index contributed by atoms with van der Waals surface area (Å²) in [5.41, 5.74) is 3.34. The second kappa shape index (κ2) is 13.2. The van der Waals surface area contributed by atoms with Crippen LogP contribution < -0.4 is 10.2 Å². The molecule has 2 aliphatic heterocycles. The maximum atomic E-state index is 16.0. The summed E-state index contributed by atoms with van der Waals surface area (Å²) in [5, 5.41) is 2.92. The molecule has 2 heterocycles. The topological polar surface area (TPSA) is 55.9 Å². The third kappa shape index (κ3) is 6.45. The van der Waals surface area contributed by atoms with Gasteiger partial charge in [0, 0.05) is 79.3 Å². The van der Waals surface area contributed by atoms with Crippen molar-refractivity contribution in [3.8, 4) is 0 Å². The minimum absolute atomic E-state index is 0.00363. The van der Waals surface area contributed by atoms with Gasteiger partial charge in [-0.25, -0.2) is 13.6 Å². The van der Waals surface area contributed by atoms with E-state index in [0.29, 0.717) is 40.2 Å². The van der Waals surface area contributed by atoms with Crippen LogP contribution in [0.2, 0.25) is 0 Å². The molecule has 1 fully saturated rings. The molecule has 3 aliphatic rings. The summed E-state index contributed by atoms with van der Waals surface area (Å²) in [6, 6.07) is 24.8. The molecule has 3 aromatic rings. The smallest absolute Gasteiger partial charge is 0.275 e. The van der Waals surface area contributed by atoms with Gasteiger partial charge in [0.25, 0.3) is 11.8 Å². The number of halogens is 2. The lowest BCUT2D eigenvalue weighted by Crippen LogP contribution is -2.44. The average molecular weight is 607 g/mol. The number of benzene rings is 3. The number of amides is 1. The Kier molecular flexibility index (Phi) is 8.90. The van der Waals surface area contributed by atoms with Gasteiger partial charge in [-0.1, -0.05) is 85.0 Å². The number of nitrogens with one attached hydrogen (secondary N) is 1. The molecule has 1 saturated heterocycles. The van der Waals surface area contributed by atoms with Crippen molar-refractivity contribution in [3.63, 3.8) is 0 Å². The first-order chi connectivity index (χ1) is 21.9. The molecule has 8 heteroatoms. The van der Waals surface area contributed by atoms with E-state index in [1.54, 1.807) is 42.5 Å². The number of nitrogens with zero attached hydrogens (tertiary/aromatic N) is 3. The lowest BCUT2D eigenvalue weighted by Gasteiger charge is -2.35. The van der Waals surface area contributed by atoms with Crippen molar-refractivity contribution in [1.29, 1.82) is 0 Å². The van der Waals surface area contributed by atoms with Gasteiger partial charge in [-0.05, 0) is 30.8 Å². The van der Waals surface area contributed by atoms with Crippen molar-refractivity contribution in [3.05, 3.63) is 125 Å². The van der Waals surface area contributed by atoms with Crippen LogP contribution in [0.4, 0.5) is 20.2 Å². The molecule has 6 nitrogen and oxygen atoms in total. The molecular formula is C37H36F2N4O2. The Bertz CT molecular complexity index is 1690. The molecule has 0 saturated carbocycles. The van der Waals surface area contributed by atoms with Crippen molar-refractivity contribution >= 4 is 34.4 Å². The highest BCUT2D eigenvalue weighted by molar-refractivity contribution is 6.15. The van der Waals surface area contributed by atoms with E-state index in [4.69, 9.17) is 0 Å². The van der Waals surface area contributed by atoms with E-state index in [1.807, 2.05) is 65.6 Å². The van der Waals surface area contributed by atoms with Crippen molar-refractivity contribution in [2.45, 2.75) is 18.4 Å². The number of carbonyl (C=O) groups excluding carboxylic acids is 2. The lowest BCUT2D eigenvalue weighted by molar-refractivity contribution is -0.112. The van der Waals surface area contributed by atoms with Crippen molar-refractivity contribution in [2.75, 3.05) is 56.5 Å². The molecule has 0 bridgehead atoms. The van der Waals surface area contributed by atoms with Gasteiger partial charge in [-0.15, -0.1) is 0 Å². The quantitative estimate of drug-likeness (QED) is 0.352. The zero-order chi connectivity index (χ0) is 31.4. The summed E-state index contributed by atoms with van der Waals surface area (Å²) < 4.78 is 31.9. The third-order valence-corrected chi connectivity index (χ3v) is 8.78. The van der Waals surface area contributed by atoms with Crippen LogP contribution in [0.25, 0.3) is 11.1 Å². The van der Waals surface area contributed by atoms with Crippen LogP contribution in [-0.4, -0.2) is 79.9 Å². The van der Waals surface area contributed by atoms with Gasteiger partial charge in [-0.3, -0.25) is 9.69 Å². The molecular weight excluding hydrogens is 570 g/mol. The molecule has 6 rings (SSSR count). The van der Waals surface area contributed by atoms with E-state index in [2.05, 4.69) is 28.1 Å². The number of para-hydroxylation sites is 2. The summed E-state index contributed by atoms with van der Waals surface area (Å²) in [7, 11) is 2.07. The lowest BCUT2D eigenvalue weighted by atomic mass is 9.84. The molecule has 1 unspecified atom stereocenters. The molecule has 3 aromatic carbocycles. The van der Waals surface area contributed by atoms with Gasteiger partial charge in [-0.2, -0.15) is 0 Å². The van der Waals surface area contributed by atoms with Crippen LogP contribution in [0.15, 0.2) is 114 Å². The van der Waals surface area contributed by atoms with Crippen LogP contribution in [0.1, 0.15) is 17.5 Å². The van der Waals surface area contributed by atoms with Crippen LogP contribution in [-0.2, 0) is 9.59 Å². The van der Waals surface area contributed by atoms with E-state index in [1.165, 1.54) is 0 Å². The molecule has 0 spiro atoms. The number of piperazine rings is 1. The second-order valence-corrected chi connectivity index (χ2v) is 11.7. The molecule has 0 aromatic heterocycles. The number of anilines is 2. The molecule has 1 N–H and O–H groups in total. The Labute approximate surface area is 262 Å². The van der Waals surface area contributed by atoms with Crippen LogP contribution >= 0.6 is 0 Å². The second-order valence-electron chi connectivity index (χ2n) is 11.7. The first-order valence-corrected chi connectivity index (χ1v) is 15.3. The highest BCUT2D eigenvalue weighted by Crippen LogP contribution is 2.45. The van der Waals surface area contributed by atoms with Crippen molar-refractivity contribution in [1.82, 2.24) is 9.80 Å². The van der Waals surface area contributed by atoms with Crippen LogP contribution in [0.5, 0.6) is 0 Å². The maximum absolute atomic E-state index is 16.0. The molecule has 1 atom stereocenters. The van der Waals surface area contributed by atoms with Crippen molar-refractivity contribution < 1.29 is 18.4 Å². The monoisotopic (exact) mass is 606 g/mol. The van der Waals surface area contributed by atoms with E-state index in [-0.39, 0.29) is 23.6 Å². The van der Waals surface area contributed by atoms with Gasteiger partial charge < -0.3 is 15.1 Å². The average Bonchev–Trinajstić information content (AvgIpc) is 3.17. The number of hydrogen-bond acceptors (Lipinski definition) is 5. The third-order valence-electron chi connectivity index (χ3n) is 8.78. The molecule has 1 amide bonds. The fourth-order valence-corrected chi connectivity index (χ4v) is 6.32. The number of likely N-dealkylation sites (N-methyl/N-ethyl adjacent to an activating group) is 1. The van der Waals surface area contributed by atoms with Crippen molar-refractivity contribution in [2.24, 2.45) is 0 Å². The number of hydrogen-bond donors (Lipinski definition) is 1. The highest BCUT2D eigenvalue weighted by Gasteiger charge is 2.42.